The lowest BCUT2D eigenvalue weighted by Gasteiger charge is -2.18. The van der Waals surface area contributed by atoms with E-state index in [0.29, 0.717) is 11.5 Å². The first-order chi connectivity index (χ1) is 13.1. The molecule has 0 aliphatic heterocycles. The molecule has 0 aliphatic rings. The molecular weight excluding hydrogens is 365 g/mol. The highest BCUT2D eigenvalue weighted by molar-refractivity contribution is 7.10. The second kappa shape index (κ2) is 8.68. The number of amides is 1. The Bertz CT molecular complexity index is 894. The minimum atomic E-state index is -0.321. The Morgan fingerprint density at radius 3 is 2.44 bits per heavy atom. The molecular formula is C21H20FNO3S. The van der Waals surface area contributed by atoms with Gasteiger partial charge in [0.2, 0.25) is 5.91 Å². The van der Waals surface area contributed by atoms with Crippen molar-refractivity contribution in [3.8, 4) is 11.5 Å². The number of thiophene rings is 1. The van der Waals surface area contributed by atoms with Gasteiger partial charge in [-0.15, -0.1) is 11.3 Å². The van der Waals surface area contributed by atoms with E-state index < -0.39 is 0 Å². The molecule has 2 aromatic carbocycles. The molecule has 1 aromatic heterocycles. The van der Waals surface area contributed by atoms with Crippen LogP contribution in [0.2, 0.25) is 0 Å². The van der Waals surface area contributed by atoms with Crippen LogP contribution in [0.25, 0.3) is 0 Å². The Morgan fingerprint density at radius 1 is 1.07 bits per heavy atom. The zero-order valence-corrected chi connectivity index (χ0v) is 15.9. The first kappa shape index (κ1) is 18.9. The van der Waals surface area contributed by atoms with Gasteiger partial charge in [-0.05, 0) is 46.8 Å². The van der Waals surface area contributed by atoms with E-state index in [-0.39, 0.29) is 24.2 Å². The average Bonchev–Trinajstić information content (AvgIpc) is 3.21. The van der Waals surface area contributed by atoms with E-state index in [1.165, 1.54) is 12.1 Å². The van der Waals surface area contributed by atoms with Crippen molar-refractivity contribution < 1.29 is 18.7 Å². The van der Waals surface area contributed by atoms with E-state index in [4.69, 9.17) is 9.47 Å². The predicted octanol–water partition coefficient (Wildman–Crippen LogP) is 4.35. The van der Waals surface area contributed by atoms with Gasteiger partial charge >= 0.3 is 0 Å². The van der Waals surface area contributed by atoms with Crippen molar-refractivity contribution in [2.45, 2.75) is 12.5 Å². The molecule has 0 aliphatic carbocycles. The molecule has 6 heteroatoms. The summed E-state index contributed by atoms with van der Waals surface area (Å²) in [5.41, 5.74) is 1.65. The summed E-state index contributed by atoms with van der Waals surface area (Å²) in [4.78, 5) is 13.6. The van der Waals surface area contributed by atoms with E-state index in [1.807, 2.05) is 23.6 Å². The van der Waals surface area contributed by atoms with E-state index in [0.717, 1.165) is 16.0 Å². The fraction of sp³-hybridized carbons (Fsp3) is 0.190. The Labute approximate surface area is 161 Å². The topological polar surface area (TPSA) is 47.6 Å². The van der Waals surface area contributed by atoms with E-state index in [2.05, 4.69) is 5.32 Å². The van der Waals surface area contributed by atoms with Crippen molar-refractivity contribution in [3.05, 3.63) is 81.8 Å². The van der Waals surface area contributed by atoms with Crippen LogP contribution >= 0.6 is 11.3 Å². The van der Waals surface area contributed by atoms with Crippen LogP contribution in [-0.2, 0) is 11.2 Å². The average molecular weight is 385 g/mol. The molecule has 0 fully saturated rings. The van der Waals surface area contributed by atoms with Crippen molar-refractivity contribution in [1.82, 2.24) is 5.32 Å². The summed E-state index contributed by atoms with van der Waals surface area (Å²) >= 11 is 1.54. The van der Waals surface area contributed by atoms with Crippen molar-refractivity contribution in [2.75, 3.05) is 14.2 Å². The van der Waals surface area contributed by atoms with Gasteiger partial charge in [0.05, 0.1) is 26.7 Å². The number of carbonyl (C=O) groups is 1. The predicted molar refractivity (Wildman–Crippen MR) is 104 cm³/mol. The van der Waals surface area contributed by atoms with Crippen molar-refractivity contribution in [1.29, 1.82) is 0 Å². The standard InChI is InChI=1S/C21H20FNO3S/c1-25-17-10-5-14(12-18(17)26-2)13-20(24)23-21(19-4-3-11-27-19)15-6-8-16(22)9-7-15/h3-12,21H,13H2,1-2H3,(H,23,24)/t21-/m1/s1. The number of ether oxygens (including phenoxy) is 2. The molecule has 1 N–H and O–H groups in total. The van der Waals surface area contributed by atoms with E-state index in [1.54, 1.807) is 49.8 Å². The maximum Gasteiger partial charge on any atom is 0.225 e. The molecule has 1 atom stereocenters. The number of hydrogen-bond donors (Lipinski definition) is 1. The van der Waals surface area contributed by atoms with Crippen molar-refractivity contribution in [3.63, 3.8) is 0 Å². The molecule has 3 rings (SSSR count). The van der Waals surface area contributed by atoms with E-state index in [9.17, 15) is 9.18 Å². The summed E-state index contributed by atoms with van der Waals surface area (Å²) < 4.78 is 23.8. The number of halogens is 1. The number of benzene rings is 2. The van der Waals surface area contributed by atoms with Crippen molar-refractivity contribution in [2.24, 2.45) is 0 Å². The molecule has 0 radical (unpaired) electrons. The van der Waals surface area contributed by atoms with Gasteiger partial charge in [0.25, 0.3) is 0 Å². The Morgan fingerprint density at radius 2 is 1.81 bits per heavy atom. The first-order valence-electron chi connectivity index (χ1n) is 8.40. The van der Waals surface area contributed by atoms with Crippen LogP contribution in [0.5, 0.6) is 11.5 Å². The second-order valence-electron chi connectivity index (χ2n) is 5.93. The number of methoxy groups -OCH3 is 2. The first-order valence-corrected chi connectivity index (χ1v) is 9.28. The lowest BCUT2D eigenvalue weighted by molar-refractivity contribution is -0.120. The maximum absolute atomic E-state index is 13.3. The van der Waals surface area contributed by atoms with Crippen LogP contribution in [0.3, 0.4) is 0 Å². The summed E-state index contributed by atoms with van der Waals surface area (Å²) in [6, 6.07) is 15.1. The zero-order chi connectivity index (χ0) is 19.2. The molecule has 0 spiro atoms. The molecule has 0 bridgehead atoms. The van der Waals surface area contributed by atoms with Gasteiger partial charge in [0.15, 0.2) is 11.5 Å². The van der Waals surface area contributed by atoms with Gasteiger partial charge < -0.3 is 14.8 Å². The van der Waals surface area contributed by atoms with Crippen LogP contribution in [0, 0.1) is 5.82 Å². The fourth-order valence-electron chi connectivity index (χ4n) is 2.82. The number of carbonyl (C=O) groups excluding carboxylic acids is 1. The summed E-state index contributed by atoms with van der Waals surface area (Å²) in [6.45, 7) is 0. The lowest BCUT2D eigenvalue weighted by atomic mass is 10.0. The highest BCUT2D eigenvalue weighted by Gasteiger charge is 2.18. The van der Waals surface area contributed by atoms with Gasteiger partial charge in [-0.1, -0.05) is 24.3 Å². The molecule has 0 saturated heterocycles. The highest BCUT2D eigenvalue weighted by Crippen LogP contribution is 2.29. The third-order valence-electron chi connectivity index (χ3n) is 4.15. The molecule has 3 aromatic rings. The molecule has 1 amide bonds. The molecule has 0 unspecified atom stereocenters. The van der Waals surface area contributed by atoms with Gasteiger partial charge in [-0.25, -0.2) is 4.39 Å². The van der Waals surface area contributed by atoms with Crippen LogP contribution in [0.15, 0.2) is 60.0 Å². The largest absolute Gasteiger partial charge is 0.493 e. The third kappa shape index (κ3) is 4.65. The summed E-state index contributed by atoms with van der Waals surface area (Å²) in [6.07, 6.45) is 0.198. The second-order valence-corrected chi connectivity index (χ2v) is 6.91. The Balaban J connectivity index is 1.78. The Kier molecular flexibility index (Phi) is 6.08. The minimum Gasteiger partial charge on any atom is -0.493 e. The van der Waals surface area contributed by atoms with Gasteiger partial charge in [-0.2, -0.15) is 0 Å². The van der Waals surface area contributed by atoms with Crippen LogP contribution in [-0.4, -0.2) is 20.1 Å². The molecule has 140 valence electrons. The number of hydrogen-bond acceptors (Lipinski definition) is 4. The smallest absolute Gasteiger partial charge is 0.225 e. The molecule has 27 heavy (non-hydrogen) atoms. The maximum atomic E-state index is 13.3. The van der Waals surface area contributed by atoms with Gasteiger partial charge in [0.1, 0.15) is 5.82 Å². The molecule has 0 saturated carbocycles. The monoisotopic (exact) mass is 385 g/mol. The molecule has 1 heterocycles. The zero-order valence-electron chi connectivity index (χ0n) is 15.1. The summed E-state index contributed by atoms with van der Waals surface area (Å²) in [5.74, 6) is 0.755. The number of nitrogens with one attached hydrogen (secondary N) is 1. The fourth-order valence-corrected chi connectivity index (χ4v) is 3.62. The molecule has 4 nitrogen and oxygen atoms in total. The summed E-state index contributed by atoms with van der Waals surface area (Å²) in [7, 11) is 3.13. The van der Waals surface area contributed by atoms with Crippen LogP contribution in [0.4, 0.5) is 4.39 Å². The third-order valence-corrected chi connectivity index (χ3v) is 5.09. The van der Waals surface area contributed by atoms with Gasteiger partial charge in [0, 0.05) is 4.88 Å². The lowest BCUT2D eigenvalue weighted by Crippen LogP contribution is -2.30. The summed E-state index contributed by atoms with van der Waals surface area (Å²) in [5, 5.41) is 5.00. The van der Waals surface area contributed by atoms with Crippen molar-refractivity contribution >= 4 is 17.2 Å². The van der Waals surface area contributed by atoms with Gasteiger partial charge in [-0.3, -0.25) is 4.79 Å². The quantitative estimate of drug-likeness (QED) is 0.658. The SMILES string of the molecule is COc1ccc(CC(=O)N[C@H](c2ccc(F)cc2)c2cccs2)cc1OC. The van der Waals surface area contributed by atoms with Crippen LogP contribution in [0.1, 0.15) is 22.0 Å². The number of rotatable bonds is 7. The van der Waals surface area contributed by atoms with E-state index >= 15 is 0 Å². The van der Waals surface area contributed by atoms with Crippen LogP contribution < -0.4 is 14.8 Å². The Hall–Kier alpha value is -2.86. The highest BCUT2D eigenvalue weighted by atomic mass is 32.1. The normalized spacial score (nSPS) is 11.7. The minimum absolute atomic E-state index is 0.134.